The van der Waals surface area contributed by atoms with E-state index in [4.69, 9.17) is 5.26 Å². The molecule has 0 aliphatic heterocycles. The summed E-state index contributed by atoms with van der Waals surface area (Å²) in [5, 5.41) is 11.7. The Bertz CT molecular complexity index is 220. The molecular weight excluding hydrogens is 187 g/mol. The molecule has 2 amide bonds. The molecular formula is C6H8F3N3O. The van der Waals surface area contributed by atoms with E-state index in [-0.39, 0.29) is 0 Å². The predicted molar refractivity (Wildman–Crippen MR) is 37.7 cm³/mol. The zero-order valence-corrected chi connectivity index (χ0v) is 6.77. The largest absolute Gasteiger partial charge is 0.405 e. The molecule has 0 fully saturated rings. The van der Waals surface area contributed by atoms with E-state index in [1.165, 1.54) is 6.92 Å². The molecule has 0 aliphatic carbocycles. The van der Waals surface area contributed by atoms with Crippen molar-refractivity contribution >= 4 is 6.03 Å². The topological polar surface area (TPSA) is 64.9 Å². The number of carbonyl (C=O) groups is 1. The zero-order chi connectivity index (χ0) is 10.5. The average molecular weight is 195 g/mol. The fourth-order valence-corrected chi connectivity index (χ4v) is 0.460. The lowest BCUT2D eigenvalue weighted by Crippen LogP contribution is -2.43. The minimum atomic E-state index is -4.44. The maximum absolute atomic E-state index is 11.5. The van der Waals surface area contributed by atoms with Gasteiger partial charge in [0.2, 0.25) is 0 Å². The summed E-state index contributed by atoms with van der Waals surface area (Å²) >= 11 is 0. The van der Waals surface area contributed by atoms with Crippen molar-refractivity contribution in [2.45, 2.75) is 19.1 Å². The Balaban J connectivity index is 3.72. The Labute approximate surface area is 72.7 Å². The third-order valence-corrected chi connectivity index (χ3v) is 0.991. The van der Waals surface area contributed by atoms with Crippen LogP contribution < -0.4 is 10.6 Å². The van der Waals surface area contributed by atoms with Crippen LogP contribution in [-0.2, 0) is 0 Å². The van der Waals surface area contributed by atoms with Crippen molar-refractivity contribution in [2.75, 3.05) is 6.54 Å². The summed E-state index contributed by atoms with van der Waals surface area (Å²) in [5.41, 5.74) is 0. The zero-order valence-electron chi connectivity index (χ0n) is 6.77. The number of hydrogen-bond acceptors (Lipinski definition) is 2. The van der Waals surface area contributed by atoms with Gasteiger partial charge in [0.1, 0.15) is 12.6 Å². The first-order valence-corrected chi connectivity index (χ1v) is 3.36. The molecule has 0 aromatic rings. The third-order valence-electron chi connectivity index (χ3n) is 0.991. The molecule has 0 rings (SSSR count). The van der Waals surface area contributed by atoms with Gasteiger partial charge >= 0.3 is 12.2 Å². The molecule has 0 bridgehead atoms. The highest BCUT2D eigenvalue weighted by Crippen LogP contribution is 2.11. The van der Waals surface area contributed by atoms with Gasteiger partial charge in [-0.25, -0.2) is 4.79 Å². The maximum atomic E-state index is 11.5. The lowest BCUT2D eigenvalue weighted by atomic mass is 10.4. The molecule has 13 heavy (non-hydrogen) atoms. The fraction of sp³-hybridized carbons (Fsp3) is 0.667. The van der Waals surface area contributed by atoms with E-state index in [1.54, 1.807) is 11.4 Å². The maximum Gasteiger partial charge on any atom is 0.405 e. The van der Waals surface area contributed by atoms with Crippen LogP contribution in [0, 0.1) is 11.3 Å². The van der Waals surface area contributed by atoms with Gasteiger partial charge in [-0.15, -0.1) is 0 Å². The average Bonchev–Trinajstić information content (AvgIpc) is 1.99. The molecule has 7 heteroatoms. The summed E-state index contributed by atoms with van der Waals surface area (Å²) < 4.78 is 34.6. The van der Waals surface area contributed by atoms with Crippen molar-refractivity contribution in [3.05, 3.63) is 0 Å². The number of alkyl halides is 3. The number of urea groups is 1. The van der Waals surface area contributed by atoms with E-state index in [0.717, 1.165) is 0 Å². The van der Waals surface area contributed by atoms with E-state index in [0.29, 0.717) is 0 Å². The van der Waals surface area contributed by atoms with Gasteiger partial charge < -0.3 is 10.6 Å². The highest BCUT2D eigenvalue weighted by molar-refractivity contribution is 5.74. The van der Waals surface area contributed by atoms with Crippen LogP contribution in [0.15, 0.2) is 0 Å². The SMILES string of the molecule is CC(C#N)NC(=O)NCC(F)(F)F. The number of nitriles is 1. The first kappa shape index (κ1) is 11.6. The van der Waals surface area contributed by atoms with Crippen molar-refractivity contribution in [3.63, 3.8) is 0 Å². The first-order valence-electron chi connectivity index (χ1n) is 3.36. The predicted octanol–water partition coefficient (Wildman–Crippen LogP) is 0.760. The van der Waals surface area contributed by atoms with Crippen LogP contribution in [0.25, 0.3) is 0 Å². The number of nitrogens with zero attached hydrogens (tertiary/aromatic N) is 1. The second-order valence-electron chi connectivity index (χ2n) is 2.29. The highest BCUT2D eigenvalue weighted by Gasteiger charge is 2.27. The van der Waals surface area contributed by atoms with Gasteiger partial charge in [0.15, 0.2) is 0 Å². The molecule has 1 unspecified atom stereocenters. The van der Waals surface area contributed by atoms with Crippen molar-refractivity contribution < 1.29 is 18.0 Å². The molecule has 74 valence electrons. The molecule has 0 saturated heterocycles. The van der Waals surface area contributed by atoms with Gasteiger partial charge in [-0.3, -0.25) is 0 Å². The molecule has 0 heterocycles. The van der Waals surface area contributed by atoms with Crippen LogP contribution in [0.1, 0.15) is 6.92 Å². The van der Waals surface area contributed by atoms with Crippen molar-refractivity contribution in [1.82, 2.24) is 10.6 Å². The molecule has 1 atom stereocenters. The van der Waals surface area contributed by atoms with E-state index < -0.39 is 24.8 Å². The van der Waals surface area contributed by atoms with Gasteiger partial charge in [0.05, 0.1) is 6.07 Å². The third kappa shape index (κ3) is 6.93. The first-order chi connectivity index (χ1) is 5.85. The Morgan fingerprint density at radius 3 is 2.54 bits per heavy atom. The number of amides is 2. The van der Waals surface area contributed by atoms with Gasteiger partial charge in [-0.05, 0) is 6.92 Å². The molecule has 0 aromatic carbocycles. The monoisotopic (exact) mass is 195 g/mol. The molecule has 0 radical (unpaired) electrons. The van der Waals surface area contributed by atoms with Crippen LogP contribution in [0.2, 0.25) is 0 Å². The van der Waals surface area contributed by atoms with Crippen molar-refractivity contribution in [1.29, 1.82) is 5.26 Å². The van der Waals surface area contributed by atoms with Crippen molar-refractivity contribution in [3.8, 4) is 6.07 Å². The number of hydrogen-bond donors (Lipinski definition) is 2. The number of halogens is 3. The molecule has 0 saturated carbocycles. The number of carbonyl (C=O) groups excluding carboxylic acids is 1. The second-order valence-corrected chi connectivity index (χ2v) is 2.29. The summed E-state index contributed by atoms with van der Waals surface area (Å²) in [7, 11) is 0. The summed E-state index contributed by atoms with van der Waals surface area (Å²) in [5.74, 6) is 0. The summed E-state index contributed by atoms with van der Waals surface area (Å²) in [6.45, 7) is -0.0514. The van der Waals surface area contributed by atoms with E-state index in [2.05, 4.69) is 0 Å². The van der Waals surface area contributed by atoms with Crippen LogP contribution in [0.4, 0.5) is 18.0 Å². The summed E-state index contributed by atoms with van der Waals surface area (Å²) in [6, 6.07) is -0.180. The van der Waals surface area contributed by atoms with Gasteiger partial charge in [-0.2, -0.15) is 18.4 Å². The summed E-state index contributed by atoms with van der Waals surface area (Å²) in [6.07, 6.45) is -4.44. The molecule has 0 aromatic heterocycles. The Morgan fingerprint density at radius 2 is 2.15 bits per heavy atom. The Kier molecular flexibility index (Phi) is 4.04. The standard InChI is InChI=1S/C6H8F3N3O/c1-4(2-10)12-5(13)11-3-6(7,8)9/h4H,3H2,1H3,(H2,11,12,13). The van der Waals surface area contributed by atoms with E-state index >= 15 is 0 Å². The Hall–Kier alpha value is -1.45. The summed E-state index contributed by atoms with van der Waals surface area (Å²) in [4.78, 5) is 10.6. The minimum Gasteiger partial charge on any atom is -0.329 e. The quantitative estimate of drug-likeness (QED) is 0.683. The molecule has 4 nitrogen and oxygen atoms in total. The molecule has 2 N–H and O–H groups in total. The van der Waals surface area contributed by atoms with Gasteiger partial charge in [0, 0.05) is 0 Å². The van der Waals surface area contributed by atoms with Gasteiger partial charge in [0.25, 0.3) is 0 Å². The van der Waals surface area contributed by atoms with Gasteiger partial charge in [-0.1, -0.05) is 0 Å². The molecule has 0 aliphatic rings. The minimum absolute atomic E-state index is 0.812. The highest BCUT2D eigenvalue weighted by atomic mass is 19.4. The lowest BCUT2D eigenvalue weighted by Gasteiger charge is -2.10. The fourth-order valence-electron chi connectivity index (χ4n) is 0.460. The smallest absolute Gasteiger partial charge is 0.329 e. The van der Waals surface area contributed by atoms with Crippen LogP contribution in [-0.4, -0.2) is 24.8 Å². The van der Waals surface area contributed by atoms with E-state index in [1.807, 2.05) is 5.32 Å². The number of nitrogens with one attached hydrogen (secondary N) is 2. The molecule has 0 spiro atoms. The second kappa shape index (κ2) is 4.54. The van der Waals surface area contributed by atoms with Crippen LogP contribution >= 0.6 is 0 Å². The normalized spacial score (nSPS) is 12.8. The number of rotatable bonds is 2. The van der Waals surface area contributed by atoms with Crippen LogP contribution in [0.3, 0.4) is 0 Å². The lowest BCUT2D eigenvalue weighted by molar-refractivity contribution is -0.122. The van der Waals surface area contributed by atoms with E-state index in [9.17, 15) is 18.0 Å². The van der Waals surface area contributed by atoms with Crippen LogP contribution in [0.5, 0.6) is 0 Å². The van der Waals surface area contributed by atoms with Crippen molar-refractivity contribution in [2.24, 2.45) is 0 Å². The Morgan fingerprint density at radius 1 is 1.62 bits per heavy atom.